The third-order valence-electron chi connectivity index (χ3n) is 2.30. The van der Waals surface area contributed by atoms with Gasteiger partial charge in [-0.1, -0.05) is 6.92 Å². The van der Waals surface area contributed by atoms with Crippen molar-refractivity contribution in [1.82, 2.24) is 0 Å². The van der Waals surface area contributed by atoms with Crippen molar-refractivity contribution in [3.05, 3.63) is 33.9 Å². The second-order valence-electron chi connectivity index (χ2n) is 3.52. The summed E-state index contributed by atoms with van der Waals surface area (Å²) in [4.78, 5) is 32.7. The Bertz CT molecular complexity index is 482. The van der Waals surface area contributed by atoms with Crippen molar-refractivity contribution in [3.63, 3.8) is 0 Å². The molecule has 0 aliphatic heterocycles. The van der Waals surface area contributed by atoms with Crippen LogP contribution < -0.4 is 5.73 Å². The highest BCUT2D eigenvalue weighted by Crippen LogP contribution is 2.23. The van der Waals surface area contributed by atoms with Crippen LogP contribution in [0.25, 0.3) is 0 Å². The molecule has 0 aromatic heterocycles. The second-order valence-corrected chi connectivity index (χ2v) is 3.52. The van der Waals surface area contributed by atoms with Gasteiger partial charge in [0, 0.05) is 18.1 Å². The van der Waals surface area contributed by atoms with E-state index in [0.717, 1.165) is 6.07 Å². The van der Waals surface area contributed by atoms with Crippen LogP contribution in [0.1, 0.15) is 30.1 Å². The average molecular weight is 236 g/mol. The number of nitrogens with zero attached hydrogens (tertiary/aromatic N) is 1. The maximum Gasteiger partial charge on any atom is 0.292 e. The highest BCUT2D eigenvalue weighted by atomic mass is 16.6. The number of nitro benzene ring substituents is 1. The van der Waals surface area contributed by atoms with Gasteiger partial charge in [0.1, 0.15) is 11.5 Å². The van der Waals surface area contributed by atoms with E-state index in [1.807, 2.05) is 0 Å². The number of nitro groups is 1. The highest BCUT2D eigenvalue weighted by molar-refractivity contribution is 6.08. The van der Waals surface area contributed by atoms with E-state index in [1.165, 1.54) is 12.1 Å². The Kier molecular flexibility index (Phi) is 3.92. The first kappa shape index (κ1) is 12.8. The summed E-state index contributed by atoms with van der Waals surface area (Å²) in [5, 5.41) is 10.6. The van der Waals surface area contributed by atoms with Crippen LogP contribution in [-0.4, -0.2) is 16.5 Å². The second kappa shape index (κ2) is 5.20. The van der Waals surface area contributed by atoms with Crippen molar-refractivity contribution in [2.24, 2.45) is 0 Å². The number of hydrogen-bond acceptors (Lipinski definition) is 5. The summed E-state index contributed by atoms with van der Waals surface area (Å²) in [6.07, 6.45) is 0.0282. The lowest BCUT2D eigenvalue weighted by Crippen LogP contribution is -2.08. The molecule has 17 heavy (non-hydrogen) atoms. The number of ketones is 2. The molecule has 0 radical (unpaired) electrons. The fraction of sp³-hybridized carbons (Fsp3) is 0.273. The molecule has 6 heteroatoms. The summed E-state index contributed by atoms with van der Waals surface area (Å²) < 4.78 is 0. The van der Waals surface area contributed by atoms with Crippen molar-refractivity contribution in [2.45, 2.75) is 19.8 Å². The summed E-state index contributed by atoms with van der Waals surface area (Å²) in [6.45, 7) is 1.65. The lowest BCUT2D eigenvalue weighted by molar-refractivity contribution is -0.383. The number of nitrogen functional groups attached to an aromatic ring is 1. The van der Waals surface area contributed by atoms with Gasteiger partial charge < -0.3 is 5.73 Å². The molecular weight excluding hydrogens is 224 g/mol. The zero-order valence-electron chi connectivity index (χ0n) is 9.30. The maximum absolute atomic E-state index is 11.6. The van der Waals surface area contributed by atoms with Crippen molar-refractivity contribution in [1.29, 1.82) is 0 Å². The molecule has 1 aromatic rings. The Hall–Kier alpha value is -2.24. The highest BCUT2D eigenvalue weighted by Gasteiger charge is 2.16. The van der Waals surface area contributed by atoms with Gasteiger partial charge in [0.05, 0.1) is 11.3 Å². The van der Waals surface area contributed by atoms with Crippen LogP contribution in [-0.2, 0) is 4.79 Å². The van der Waals surface area contributed by atoms with Crippen LogP contribution in [0.15, 0.2) is 18.2 Å². The van der Waals surface area contributed by atoms with Crippen LogP contribution in [0.5, 0.6) is 0 Å². The lowest BCUT2D eigenvalue weighted by Gasteiger charge is -2.01. The lowest BCUT2D eigenvalue weighted by atomic mass is 10.0. The maximum atomic E-state index is 11.6. The van der Waals surface area contributed by atoms with E-state index in [2.05, 4.69) is 0 Å². The molecular formula is C11H12N2O4. The molecule has 0 atom stereocenters. The van der Waals surface area contributed by atoms with Gasteiger partial charge in [-0.15, -0.1) is 0 Å². The molecule has 0 fully saturated rings. The van der Waals surface area contributed by atoms with Crippen LogP contribution >= 0.6 is 0 Å². The van der Waals surface area contributed by atoms with Crippen molar-refractivity contribution >= 4 is 22.9 Å². The summed E-state index contributed by atoms with van der Waals surface area (Å²) in [5.41, 5.74) is 5.20. The largest absolute Gasteiger partial charge is 0.393 e. The third-order valence-corrected chi connectivity index (χ3v) is 2.30. The normalized spacial score (nSPS) is 9.94. The number of hydrogen-bond donors (Lipinski definition) is 1. The first-order chi connectivity index (χ1) is 7.95. The van der Waals surface area contributed by atoms with Crippen LogP contribution in [0.3, 0.4) is 0 Å². The smallest absolute Gasteiger partial charge is 0.292 e. The van der Waals surface area contributed by atoms with E-state index in [1.54, 1.807) is 6.92 Å². The van der Waals surface area contributed by atoms with E-state index >= 15 is 0 Å². The fourth-order valence-electron chi connectivity index (χ4n) is 1.28. The number of benzene rings is 1. The van der Waals surface area contributed by atoms with E-state index in [-0.39, 0.29) is 35.6 Å². The molecule has 1 rings (SSSR count). The first-order valence-electron chi connectivity index (χ1n) is 5.04. The number of anilines is 1. The molecule has 2 N–H and O–H groups in total. The molecule has 6 nitrogen and oxygen atoms in total. The molecule has 0 saturated heterocycles. The molecule has 0 saturated carbocycles. The minimum Gasteiger partial charge on any atom is -0.393 e. The Balaban J connectivity index is 3.00. The quantitative estimate of drug-likeness (QED) is 0.275. The molecule has 0 spiro atoms. The monoisotopic (exact) mass is 236 g/mol. The molecule has 0 amide bonds. The molecule has 0 heterocycles. The summed E-state index contributed by atoms with van der Waals surface area (Å²) >= 11 is 0. The van der Waals surface area contributed by atoms with Crippen molar-refractivity contribution in [3.8, 4) is 0 Å². The molecule has 0 unspecified atom stereocenters. The van der Waals surface area contributed by atoms with Gasteiger partial charge in [0.2, 0.25) is 0 Å². The van der Waals surface area contributed by atoms with Gasteiger partial charge in [-0.2, -0.15) is 0 Å². The first-order valence-corrected chi connectivity index (χ1v) is 5.04. The fourth-order valence-corrected chi connectivity index (χ4v) is 1.28. The molecule has 90 valence electrons. The minimum atomic E-state index is -0.659. The zero-order valence-corrected chi connectivity index (χ0v) is 9.30. The molecule has 0 aliphatic carbocycles. The minimum absolute atomic E-state index is 0.00614. The molecule has 1 aromatic carbocycles. The van der Waals surface area contributed by atoms with E-state index in [4.69, 9.17) is 5.73 Å². The van der Waals surface area contributed by atoms with Gasteiger partial charge in [-0.05, 0) is 12.1 Å². The topological polar surface area (TPSA) is 103 Å². The summed E-state index contributed by atoms with van der Waals surface area (Å²) in [5.74, 6) is -0.630. The van der Waals surface area contributed by atoms with E-state index in [0.29, 0.717) is 0 Å². The Morgan fingerprint density at radius 3 is 2.59 bits per heavy atom. The van der Waals surface area contributed by atoms with Crippen molar-refractivity contribution < 1.29 is 14.5 Å². The van der Waals surface area contributed by atoms with Gasteiger partial charge in [-0.25, -0.2) is 0 Å². The Morgan fingerprint density at radius 2 is 2.06 bits per heavy atom. The van der Waals surface area contributed by atoms with Gasteiger partial charge >= 0.3 is 0 Å². The number of Topliss-reactive ketones (excluding diaryl/α,β-unsaturated/α-hetero) is 2. The number of carbonyl (C=O) groups is 2. The Morgan fingerprint density at radius 1 is 1.41 bits per heavy atom. The molecule has 0 bridgehead atoms. The predicted molar refractivity (Wildman–Crippen MR) is 61.8 cm³/mol. The van der Waals surface area contributed by atoms with Crippen LogP contribution in [0.4, 0.5) is 11.4 Å². The number of carbonyl (C=O) groups excluding carboxylic acids is 2. The Labute approximate surface area is 97.6 Å². The average Bonchev–Trinajstić information content (AvgIpc) is 2.28. The summed E-state index contributed by atoms with van der Waals surface area (Å²) in [7, 11) is 0. The predicted octanol–water partition coefficient (Wildman–Crippen LogP) is 1.73. The standard InChI is InChI=1S/C11H12N2O4/c1-2-8(14)6-11(15)7-3-4-9(12)10(5-7)13(16)17/h3-5H,2,6,12H2,1H3. The SMILES string of the molecule is CCC(=O)CC(=O)c1ccc(N)c([N+](=O)[O-])c1. The van der Waals surface area contributed by atoms with Crippen molar-refractivity contribution in [2.75, 3.05) is 5.73 Å². The van der Waals surface area contributed by atoms with Gasteiger partial charge in [0.25, 0.3) is 5.69 Å². The van der Waals surface area contributed by atoms with E-state index in [9.17, 15) is 19.7 Å². The zero-order chi connectivity index (χ0) is 13.0. The number of rotatable bonds is 5. The van der Waals surface area contributed by atoms with Crippen LogP contribution in [0.2, 0.25) is 0 Å². The van der Waals surface area contributed by atoms with Gasteiger partial charge in [0.15, 0.2) is 5.78 Å². The van der Waals surface area contributed by atoms with E-state index < -0.39 is 10.7 Å². The molecule has 0 aliphatic rings. The van der Waals surface area contributed by atoms with Crippen LogP contribution in [0, 0.1) is 10.1 Å². The number of nitrogens with two attached hydrogens (primary N) is 1. The third kappa shape index (κ3) is 3.10. The summed E-state index contributed by atoms with van der Waals surface area (Å²) in [6, 6.07) is 3.77. The van der Waals surface area contributed by atoms with Gasteiger partial charge in [-0.3, -0.25) is 19.7 Å².